The molecule has 5 heteroatoms. The Labute approximate surface area is 91.8 Å². The lowest BCUT2D eigenvalue weighted by molar-refractivity contribution is -0.121. The van der Waals surface area contributed by atoms with Crippen LogP contribution in [-0.2, 0) is 9.53 Å². The molecule has 0 heterocycles. The van der Waals surface area contributed by atoms with E-state index in [4.69, 9.17) is 10.5 Å². The molecule has 0 saturated carbocycles. The molecule has 0 aromatic heterocycles. The van der Waals surface area contributed by atoms with E-state index < -0.39 is 11.9 Å². The van der Waals surface area contributed by atoms with Gasteiger partial charge in [-0.1, -0.05) is 12.1 Å². The van der Waals surface area contributed by atoms with Crippen LogP contribution >= 0.6 is 11.8 Å². The normalized spacial score (nSPS) is 9.67. The van der Waals surface area contributed by atoms with Gasteiger partial charge in [0.1, 0.15) is 0 Å². The van der Waals surface area contributed by atoms with E-state index in [9.17, 15) is 9.59 Å². The Kier molecular flexibility index (Phi) is 4.17. The SMILES string of the molecule is CSc1ccccc1C(=O)OCC(N)=O. The highest BCUT2D eigenvalue weighted by Gasteiger charge is 2.12. The van der Waals surface area contributed by atoms with Crippen molar-refractivity contribution in [3.8, 4) is 0 Å². The molecule has 2 N–H and O–H groups in total. The lowest BCUT2D eigenvalue weighted by Gasteiger charge is -2.05. The first-order chi connectivity index (χ1) is 7.15. The van der Waals surface area contributed by atoms with Gasteiger partial charge in [-0.2, -0.15) is 0 Å². The average molecular weight is 225 g/mol. The fourth-order valence-electron chi connectivity index (χ4n) is 1.03. The summed E-state index contributed by atoms with van der Waals surface area (Å²) in [4.78, 5) is 22.7. The average Bonchev–Trinajstić information content (AvgIpc) is 2.25. The van der Waals surface area contributed by atoms with Crippen LogP contribution in [0, 0.1) is 0 Å². The monoisotopic (exact) mass is 225 g/mol. The molecule has 80 valence electrons. The number of amides is 1. The molecule has 1 aromatic rings. The summed E-state index contributed by atoms with van der Waals surface area (Å²) in [6, 6.07) is 7.03. The highest BCUT2D eigenvalue weighted by Crippen LogP contribution is 2.20. The third kappa shape index (κ3) is 3.28. The van der Waals surface area contributed by atoms with Gasteiger partial charge in [0.05, 0.1) is 5.56 Å². The molecule has 0 bridgehead atoms. The molecule has 15 heavy (non-hydrogen) atoms. The summed E-state index contributed by atoms with van der Waals surface area (Å²) in [6.07, 6.45) is 1.86. The van der Waals surface area contributed by atoms with Gasteiger partial charge in [0.15, 0.2) is 6.61 Å². The first-order valence-corrected chi connectivity index (χ1v) is 5.46. The van der Waals surface area contributed by atoms with Crippen LogP contribution in [-0.4, -0.2) is 24.7 Å². The molecule has 0 radical (unpaired) electrons. The Morgan fingerprint density at radius 3 is 2.67 bits per heavy atom. The molecule has 1 amide bonds. The van der Waals surface area contributed by atoms with Crippen molar-refractivity contribution in [1.29, 1.82) is 0 Å². The summed E-state index contributed by atoms with van der Waals surface area (Å²) in [6.45, 7) is -0.387. The number of hydrogen-bond donors (Lipinski definition) is 1. The second kappa shape index (κ2) is 5.41. The lowest BCUT2D eigenvalue weighted by Crippen LogP contribution is -2.21. The third-order valence-electron chi connectivity index (χ3n) is 1.67. The summed E-state index contributed by atoms with van der Waals surface area (Å²) in [5.74, 6) is -1.19. The van der Waals surface area contributed by atoms with E-state index in [1.165, 1.54) is 11.8 Å². The molecule has 0 aliphatic rings. The molecule has 4 nitrogen and oxygen atoms in total. The largest absolute Gasteiger partial charge is 0.452 e. The predicted molar refractivity (Wildman–Crippen MR) is 57.7 cm³/mol. The summed E-state index contributed by atoms with van der Waals surface area (Å²) >= 11 is 1.44. The van der Waals surface area contributed by atoms with Crippen molar-refractivity contribution in [2.24, 2.45) is 5.73 Å². The minimum Gasteiger partial charge on any atom is -0.452 e. The van der Waals surface area contributed by atoms with E-state index in [0.29, 0.717) is 5.56 Å². The molecular weight excluding hydrogens is 214 g/mol. The van der Waals surface area contributed by atoms with Crippen molar-refractivity contribution in [3.05, 3.63) is 29.8 Å². The van der Waals surface area contributed by atoms with Crippen LogP contribution in [0.4, 0.5) is 0 Å². The Morgan fingerprint density at radius 1 is 1.40 bits per heavy atom. The number of rotatable bonds is 4. The summed E-state index contributed by atoms with van der Waals surface area (Å²) < 4.78 is 4.71. The molecule has 1 aromatic carbocycles. The molecule has 0 atom stereocenters. The number of primary amides is 1. The number of hydrogen-bond acceptors (Lipinski definition) is 4. The van der Waals surface area contributed by atoms with E-state index in [1.54, 1.807) is 12.1 Å². The molecule has 0 unspecified atom stereocenters. The van der Waals surface area contributed by atoms with Crippen molar-refractivity contribution in [2.75, 3.05) is 12.9 Å². The second-order valence-electron chi connectivity index (χ2n) is 2.74. The second-order valence-corrected chi connectivity index (χ2v) is 3.59. The van der Waals surface area contributed by atoms with Gasteiger partial charge in [-0.3, -0.25) is 4.79 Å². The summed E-state index contributed by atoms with van der Waals surface area (Å²) in [7, 11) is 0. The van der Waals surface area contributed by atoms with Gasteiger partial charge in [0.2, 0.25) is 0 Å². The Hall–Kier alpha value is -1.49. The van der Waals surface area contributed by atoms with Crippen LogP contribution in [0.3, 0.4) is 0 Å². The molecule has 1 rings (SSSR count). The summed E-state index contributed by atoms with van der Waals surface area (Å²) in [5.41, 5.74) is 5.32. The lowest BCUT2D eigenvalue weighted by atomic mass is 10.2. The number of carbonyl (C=O) groups excluding carboxylic acids is 2. The van der Waals surface area contributed by atoms with Gasteiger partial charge < -0.3 is 10.5 Å². The number of thioether (sulfide) groups is 1. The van der Waals surface area contributed by atoms with Crippen molar-refractivity contribution >= 4 is 23.6 Å². The van der Waals surface area contributed by atoms with Crippen molar-refractivity contribution in [3.63, 3.8) is 0 Å². The Balaban J connectivity index is 2.77. The maximum atomic E-state index is 11.5. The number of esters is 1. The van der Waals surface area contributed by atoms with E-state index in [-0.39, 0.29) is 6.61 Å². The van der Waals surface area contributed by atoms with Crippen molar-refractivity contribution in [1.82, 2.24) is 0 Å². The van der Waals surface area contributed by atoms with Crippen LogP contribution < -0.4 is 5.73 Å². The van der Waals surface area contributed by atoms with Crippen molar-refractivity contribution in [2.45, 2.75) is 4.90 Å². The maximum Gasteiger partial charge on any atom is 0.339 e. The summed E-state index contributed by atoms with van der Waals surface area (Å²) in [5, 5.41) is 0. The first kappa shape index (κ1) is 11.6. The number of nitrogens with two attached hydrogens (primary N) is 1. The highest BCUT2D eigenvalue weighted by atomic mass is 32.2. The van der Waals surface area contributed by atoms with Crippen molar-refractivity contribution < 1.29 is 14.3 Å². The van der Waals surface area contributed by atoms with E-state index in [1.807, 2.05) is 18.4 Å². The first-order valence-electron chi connectivity index (χ1n) is 4.23. The Bertz CT molecular complexity index is 379. The topological polar surface area (TPSA) is 69.4 Å². The molecule has 0 saturated heterocycles. The number of carbonyl (C=O) groups is 2. The zero-order chi connectivity index (χ0) is 11.3. The van der Waals surface area contributed by atoms with Gasteiger partial charge in [-0.05, 0) is 18.4 Å². The standard InChI is InChI=1S/C10H11NO3S/c1-15-8-5-3-2-4-7(8)10(13)14-6-9(11)12/h2-5H,6H2,1H3,(H2,11,12). The van der Waals surface area contributed by atoms with Gasteiger partial charge in [-0.25, -0.2) is 4.79 Å². The quantitative estimate of drug-likeness (QED) is 0.614. The van der Waals surface area contributed by atoms with Crippen LogP contribution in [0.25, 0.3) is 0 Å². The molecule has 0 aliphatic carbocycles. The zero-order valence-corrected chi connectivity index (χ0v) is 9.04. The van der Waals surface area contributed by atoms with Gasteiger partial charge in [0, 0.05) is 4.90 Å². The minimum absolute atomic E-state index is 0.387. The molecule has 0 aliphatic heterocycles. The molecular formula is C10H11NO3S. The van der Waals surface area contributed by atoms with E-state index in [0.717, 1.165) is 4.90 Å². The zero-order valence-electron chi connectivity index (χ0n) is 8.23. The van der Waals surface area contributed by atoms with E-state index >= 15 is 0 Å². The maximum absolute atomic E-state index is 11.5. The van der Waals surface area contributed by atoms with Gasteiger partial charge in [0.25, 0.3) is 5.91 Å². The predicted octanol–water partition coefficient (Wildman–Crippen LogP) is 1.05. The molecule has 0 fully saturated rings. The Morgan fingerprint density at radius 2 is 2.07 bits per heavy atom. The highest BCUT2D eigenvalue weighted by molar-refractivity contribution is 7.98. The number of benzene rings is 1. The fraction of sp³-hybridized carbons (Fsp3) is 0.200. The van der Waals surface area contributed by atoms with Crippen LogP contribution in [0.2, 0.25) is 0 Å². The van der Waals surface area contributed by atoms with Crippen LogP contribution in [0.15, 0.2) is 29.2 Å². The van der Waals surface area contributed by atoms with Crippen LogP contribution in [0.5, 0.6) is 0 Å². The van der Waals surface area contributed by atoms with Crippen LogP contribution in [0.1, 0.15) is 10.4 Å². The smallest absolute Gasteiger partial charge is 0.339 e. The minimum atomic E-state index is -0.662. The van der Waals surface area contributed by atoms with E-state index in [2.05, 4.69) is 0 Å². The molecule has 0 spiro atoms. The fourth-order valence-corrected chi connectivity index (χ4v) is 1.61. The number of ether oxygens (including phenoxy) is 1. The third-order valence-corrected chi connectivity index (χ3v) is 2.47. The van der Waals surface area contributed by atoms with Gasteiger partial charge in [-0.15, -0.1) is 11.8 Å². The van der Waals surface area contributed by atoms with Gasteiger partial charge >= 0.3 is 5.97 Å².